The van der Waals surface area contributed by atoms with Gasteiger partial charge in [-0.25, -0.2) is 0 Å². The molecular weight excluding hydrogens is 338 g/mol. The molecule has 0 fully saturated rings. The van der Waals surface area contributed by atoms with Gasteiger partial charge in [0.1, 0.15) is 0 Å². The van der Waals surface area contributed by atoms with Gasteiger partial charge in [-0.05, 0) is 31.3 Å². The van der Waals surface area contributed by atoms with Crippen LogP contribution in [0.2, 0.25) is 5.02 Å². The molecule has 0 aliphatic carbocycles. The zero-order chi connectivity index (χ0) is 17.4. The third-order valence-electron chi connectivity index (χ3n) is 4.15. The van der Waals surface area contributed by atoms with Crippen LogP contribution in [0.15, 0.2) is 53.7 Å². The third-order valence-corrected chi connectivity index (χ3v) is 4.39. The van der Waals surface area contributed by atoms with Crippen molar-refractivity contribution in [3.05, 3.63) is 64.3 Å². The van der Waals surface area contributed by atoms with Crippen molar-refractivity contribution in [3.63, 3.8) is 0 Å². The number of rotatable bonds is 4. The number of nitrogens with zero attached hydrogens (tertiary/aromatic N) is 4. The van der Waals surface area contributed by atoms with E-state index in [0.29, 0.717) is 22.8 Å². The molecule has 1 N–H and O–H groups in total. The van der Waals surface area contributed by atoms with Crippen molar-refractivity contribution in [1.29, 1.82) is 0 Å². The molecule has 3 heterocycles. The van der Waals surface area contributed by atoms with Crippen molar-refractivity contribution in [2.45, 2.75) is 6.54 Å². The Morgan fingerprint density at radius 2 is 2.12 bits per heavy atom. The Morgan fingerprint density at radius 3 is 2.88 bits per heavy atom. The van der Waals surface area contributed by atoms with E-state index in [4.69, 9.17) is 11.6 Å². The van der Waals surface area contributed by atoms with Crippen molar-refractivity contribution >= 4 is 33.4 Å². The number of hydrogen-bond acceptors (Lipinski definition) is 4. The lowest BCUT2D eigenvalue weighted by atomic mass is 10.1. The summed E-state index contributed by atoms with van der Waals surface area (Å²) in [5, 5.41) is 9.92. The van der Waals surface area contributed by atoms with Gasteiger partial charge in [0.2, 0.25) is 0 Å². The SMILES string of the molecule is CNCCn1cc2c(n1)c(=O)n(-c1cccnc1)c1cc(Cl)ccc21. The Labute approximate surface area is 148 Å². The minimum absolute atomic E-state index is 0.180. The molecule has 0 aliphatic heterocycles. The summed E-state index contributed by atoms with van der Waals surface area (Å²) < 4.78 is 3.41. The Hall–Kier alpha value is -2.70. The van der Waals surface area contributed by atoms with Crippen LogP contribution in [0, 0.1) is 0 Å². The highest BCUT2D eigenvalue weighted by Crippen LogP contribution is 2.26. The molecule has 4 aromatic rings. The molecule has 126 valence electrons. The van der Waals surface area contributed by atoms with E-state index in [1.54, 1.807) is 33.8 Å². The van der Waals surface area contributed by atoms with E-state index < -0.39 is 0 Å². The molecule has 0 saturated carbocycles. The number of likely N-dealkylation sites (N-methyl/N-ethyl adjacent to an activating group) is 1. The molecule has 0 spiro atoms. The number of fused-ring (bicyclic) bond motifs is 3. The lowest BCUT2D eigenvalue weighted by Gasteiger charge is -2.10. The molecule has 6 nitrogen and oxygen atoms in total. The van der Waals surface area contributed by atoms with Gasteiger partial charge in [-0.1, -0.05) is 17.7 Å². The van der Waals surface area contributed by atoms with Crippen LogP contribution in [-0.4, -0.2) is 32.9 Å². The summed E-state index contributed by atoms with van der Waals surface area (Å²) in [6.45, 7) is 1.46. The molecule has 0 saturated heterocycles. The Kier molecular flexibility index (Phi) is 3.99. The van der Waals surface area contributed by atoms with E-state index in [-0.39, 0.29) is 5.56 Å². The normalized spacial score (nSPS) is 11.4. The first-order valence-electron chi connectivity index (χ1n) is 7.95. The smallest absolute Gasteiger partial charge is 0.284 e. The molecule has 4 rings (SSSR count). The average molecular weight is 354 g/mol. The Balaban J connectivity index is 2.10. The molecule has 0 aliphatic rings. The van der Waals surface area contributed by atoms with E-state index in [2.05, 4.69) is 15.4 Å². The van der Waals surface area contributed by atoms with Crippen molar-refractivity contribution in [3.8, 4) is 5.69 Å². The molecule has 3 aromatic heterocycles. The second kappa shape index (κ2) is 6.31. The van der Waals surface area contributed by atoms with Gasteiger partial charge in [0, 0.05) is 34.7 Å². The van der Waals surface area contributed by atoms with E-state index >= 15 is 0 Å². The van der Waals surface area contributed by atoms with Gasteiger partial charge in [-0.2, -0.15) is 5.10 Å². The lowest BCUT2D eigenvalue weighted by Crippen LogP contribution is -2.20. The molecule has 0 atom stereocenters. The zero-order valence-corrected chi connectivity index (χ0v) is 14.4. The first kappa shape index (κ1) is 15.8. The van der Waals surface area contributed by atoms with Crippen molar-refractivity contribution in [1.82, 2.24) is 24.6 Å². The predicted molar refractivity (Wildman–Crippen MR) is 99.6 cm³/mol. The van der Waals surface area contributed by atoms with Crippen LogP contribution in [-0.2, 0) is 6.54 Å². The maximum Gasteiger partial charge on any atom is 0.284 e. The highest BCUT2D eigenvalue weighted by atomic mass is 35.5. The fraction of sp³-hybridized carbons (Fsp3) is 0.167. The first-order chi connectivity index (χ1) is 12.2. The van der Waals surface area contributed by atoms with Crippen LogP contribution >= 0.6 is 11.6 Å². The molecule has 25 heavy (non-hydrogen) atoms. The minimum Gasteiger partial charge on any atom is -0.318 e. The van der Waals surface area contributed by atoms with Gasteiger partial charge >= 0.3 is 0 Å². The Bertz CT molecular complexity index is 1120. The van der Waals surface area contributed by atoms with Crippen LogP contribution in [0.5, 0.6) is 0 Å². The number of benzene rings is 1. The topological polar surface area (TPSA) is 64.7 Å². The average Bonchev–Trinajstić information content (AvgIpc) is 3.05. The molecule has 1 aromatic carbocycles. The van der Waals surface area contributed by atoms with Crippen LogP contribution in [0.3, 0.4) is 0 Å². The van der Waals surface area contributed by atoms with Gasteiger partial charge in [0.15, 0.2) is 5.52 Å². The van der Waals surface area contributed by atoms with E-state index in [1.807, 2.05) is 31.4 Å². The van der Waals surface area contributed by atoms with Gasteiger partial charge in [0.25, 0.3) is 5.56 Å². The van der Waals surface area contributed by atoms with Crippen molar-refractivity contribution in [2.75, 3.05) is 13.6 Å². The fourth-order valence-corrected chi connectivity index (χ4v) is 3.16. The zero-order valence-electron chi connectivity index (χ0n) is 13.6. The highest BCUT2D eigenvalue weighted by Gasteiger charge is 2.16. The molecule has 0 bridgehead atoms. The van der Waals surface area contributed by atoms with Gasteiger partial charge < -0.3 is 5.32 Å². The Morgan fingerprint density at radius 1 is 1.24 bits per heavy atom. The summed E-state index contributed by atoms with van der Waals surface area (Å²) in [6, 6.07) is 9.20. The number of halogens is 1. The monoisotopic (exact) mass is 353 g/mol. The lowest BCUT2D eigenvalue weighted by molar-refractivity contribution is 0.589. The highest BCUT2D eigenvalue weighted by molar-refractivity contribution is 6.31. The van der Waals surface area contributed by atoms with E-state index in [0.717, 1.165) is 22.8 Å². The number of aromatic nitrogens is 4. The number of nitrogens with one attached hydrogen (secondary N) is 1. The first-order valence-corrected chi connectivity index (χ1v) is 8.33. The van der Waals surface area contributed by atoms with Crippen LogP contribution in [0.1, 0.15) is 0 Å². The second-order valence-electron chi connectivity index (χ2n) is 5.77. The maximum atomic E-state index is 13.1. The third kappa shape index (κ3) is 2.69. The summed E-state index contributed by atoms with van der Waals surface area (Å²) in [6.07, 6.45) is 5.25. The second-order valence-corrected chi connectivity index (χ2v) is 6.21. The summed E-state index contributed by atoms with van der Waals surface area (Å²) >= 11 is 6.20. The molecule has 0 amide bonds. The quantitative estimate of drug-likeness (QED) is 0.612. The largest absolute Gasteiger partial charge is 0.318 e. The van der Waals surface area contributed by atoms with Gasteiger partial charge in [-0.15, -0.1) is 0 Å². The summed E-state index contributed by atoms with van der Waals surface area (Å²) in [4.78, 5) is 17.3. The van der Waals surface area contributed by atoms with Gasteiger partial charge in [0.05, 0.1) is 23.9 Å². The van der Waals surface area contributed by atoms with Crippen LogP contribution in [0.25, 0.3) is 27.5 Å². The molecule has 0 unspecified atom stereocenters. The van der Waals surface area contributed by atoms with E-state index in [1.165, 1.54) is 0 Å². The molecule has 0 radical (unpaired) electrons. The maximum absolute atomic E-state index is 13.1. The summed E-state index contributed by atoms with van der Waals surface area (Å²) in [7, 11) is 1.88. The summed E-state index contributed by atoms with van der Waals surface area (Å²) in [5.74, 6) is 0. The molecular formula is C18H16ClN5O. The molecule has 7 heteroatoms. The number of hydrogen-bond donors (Lipinski definition) is 1. The van der Waals surface area contributed by atoms with Crippen LogP contribution < -0.4 is 10.9 Å². The van der Waals surface area contributed by atoms with Gasteiger partial charge in [-0.3, -0.25) is 19.0 Å². The minimum atomic E-state index is -0.180. The van der Waals surface area contributed by atoms with E-state index in [9.17, 15) is 4.79 Å². The standard InChI is InChI=1S/C18H16ClN5O/c1-20-7-8-23-11-15-14-5-4-12(19)9-16(14)24(18(25)17(15)22-23)13-3-2-6-21-10-13/h2-6,9-11,20H,7-8H2,1H3. The van der Waals surface area contributed by atoms with Crippen molar-refractivity contribution in [2.24, 2.45) is 0 Å². The fourth-order valence-electron chi connectivity index (χ4n) is 2.99. The number of pyridine rings is 2. The summed E-state index contributed by atoms with van der Waals surface area (Å²) in [5.41, 5.74) is 1.69. The van der Waals surface area contributed by atoms with Crippen molar-refractivity contribution < 1.29 is 0 Å². The predicted octanol–water partition coefficient (Wildman–Crippen LogP) is 2.61. The van der Waals surface area contributed by atoms with Crippen LogP contribution in [0.4, 0.5) is 0 Å².